The van der Waals surface area contributed by atoms with Gasteiger partial charge in [-0.15, -0.1) is 0 Å². The van der Waals surface area contributed by atoms with Crippen molar-refractivity contribution in [1.29, 1.82) is 0 Å². The molecule has 0 saturated carbocycles. The molecule has 0 amide bonds. The zero-order chi connectivity index (χ0) is 14.1. The molecule has 20 heavy (non-hydrogen) atoms. The van der Waals surface area contributed by atoms with Crippen LogP contribution in [0.1, 0.15) is 35.8 Å². The van der Waals surface area contributed by atoms with Gasteiger partial charge in [-0.2, -0.15) is 5.10 Å². The first kappa shape index (κ1) is 12.7. The first-order chi connectivity index (χ1) is 9.70. The first-order valence-electron chi connectivity index (χ1n) is 6.43. The molecule has 0 radical (unpaired) electrons. The van der Waals surface area contributed by atoms with Crippen molar-refractivity contribution in [3.8, 4) is 0 Å². The van der Waals surface area contributed by atoms with Crippen LogP contribution in [-0.2, 0) is 4.74 Å². The third-order valence-corrected chi connectivity index (χ3v) is 3.48. The number of non-ortho nitro benzene ring substituents is 1. The van der Waals surface area contributed by atoms with Gasteiger partial charge < -0.3 is 4.74 Å². The molecule has 2 aromatic rings. The summed E-state index contributed by atoms with van der Waals surface area (Å²) in [6.45, 7) is 0.654. The Kier molecular flexibility index (Phi) is 3.19. The van der Waals surface area contributed by atoms with Crippen LogP contribution in [0.5, 0.6) is 0 Å². The summed E-state index contributed by atoms with van der Waals surface area (Å²) in [5.74, 6) is 0. The molecular formula is C13H13N3O4. The molecule has 1 aromatic carbocycles. The summed E-state index contributed by atoms with van der Waals surface area (Å²) >= 11 is 0. The quantitative estimate of drug-likeness (QED) is 0.487. The van der Waals surface area contributed by atoms with E-state index in [2.05, 4.69) is 5.10 Å². The predicted molar refractivity (Wildman–Crippen MR) is 70.6 cm³/mol. The maximum Gasteiger partial charge on any atom is 0.281 e. The van der Waals surface area contributed by atoms with Gasteiger partial charge in [-0.25, -0.2) is 4.68 Å². The Bertz CT molecular complexity index is 674. The van der Waals surface area contributed by atoms with Crippen molar-refractivity contribution in [3.05, 3.63) is 34.0 Å². The van der Waals surface area contributed by atoms with E-state index in [4.69, 9.17) is 4.74 Å². The minimum atomic E-state index is -0.497. The lowest BCUT2D eigenvalue weighted by molar-refractivity contribution is -0.383. The summed E-state index contributed by atoms with van der Waals surface area (Å²) in [4.78, 5) is 21.5. The van der Waals surface area contributed by atoms with Crippen molar-refractivity contribution in [2.75, 3.05) is 6.61 Å². The van der Waals surface area contributed by atoms with Gasteiger partial charge >= 0.3 is 0 Å². The van der Waals surface area contributed by atoms with Crippen LogP contribution in [0.15, 0.2) is 18.3 Å². The molecule has 0 aliphatic carbocycles. The van der Waals surface area contributed by atoms with Gasteiger partial charge in [0.2, 0.25) is 0 Å². The second kappa shape index (κ2) is 5.01. The molecule has 7 heteroatoms. The molecule has 1 saturated heterocycles. The third-order valence-electron chi connectivity index (χ3n) is 3.48. The van der Waals surface area contributed by atoms with Gasteiger partial charge in [0.05, 0.1) is 22.0 Å². The molecule has 0 N–H and O–H groups in total. The standard InChI is InChI=1S/C13H13N3O4/c17-8-9-5-11-10(12(6-9)16(18)19)7-14-15(11)13-3-1-2-4-20-13/h5-8,13H,1-4H2. The van der Waals surface area contributed by atoms with E-state index in [1.807, 2.05) is 0 Å². The van der Waals surface area contributed by atoms with E-state index in [1.165, 1.54) is 12.3 Å². The van der Waals surface area contributed by atoms with Crippen molar-refractivity contribution in [2.24, 2.45) is 0 Å². The van der Waals surface area contributed by atoms with Crippen molar-refractivity contribution < 1.29 is 14.5 Å². The molecule has 104 valence electrons. The Morgan fingerprint density at radius 3 is 2.95 bits per heavy atom. The molecule has 2 heterocycles. The highest BCUT2D eigenvalue weighted by Crippen LogP contribution is 2.31. The lowest BCUT2D eigenvalue weighted by Gasteiger charge is -2.23. The number of benzene rings is 1. The number of carbonyl (C=O) groups is 1. The van der Waals surface area contributed by atoms with Crippen LogP contribution in [0.25, 0.3) is 10.9 Å². The number of nitrogens with zero attached hydrogens (tertiary/aromatic N) is 3. The Morgan fingerprint density at radius 2 is 2.30 bits per heavy atom. The molecule has 1 atom stereocenters. The zero-order valence-electron chi connectivity index (χ0n) is 10.7. The fourth-order valence-electron chi connectivity index (χ4n) is 2.51. The van der Waals surface area contributed by atoms with Gasteiger partial charge in [0.1, 0.15) is 6.29 Å². The number of aldehydes is 1. The summed E-state index contributed by atoms with van der Waals surface area (Å²) in [7, 11) is 0. The van der Waals surface area contributed by atoms with Crippen LogP contribution in [0.2, 0.25) is 0 Å². The molecule has 3 rings (SSSR count). The number of ether oxygens (including phenoxy) is 1. The molecule has 1 aliphatic heterocycles. The largest absolute Gasteiger partial charge is 0.356 e. The average molecular weight is 275 g/mol. The number of hydrogen-bond donors (Lipinski definition) is 0. The SMILES string of the molecule is O=Cc1cc([N+](=O)[O-])c2cnn(C3CCCCO3)c2c1. The van der Waals surface area contributed by atoms with Crippen molar-refractivity contribution >= 4 is 22.9 Å². The Hall–Kier alpha value is -2.28. The van der Waals surface area contributed by atoms with E-state index >= 15 is 0 Å². The normalized spacial score (nSPS) is 19.1. The monoisotopic (exact) mass is 275 g/mol. The number of nitro benzene ring substituents is 1. The second-order valence-electron chi connectivity index (χ2n) is 4.76. The number of aromatic nitrogens is 2. The van der Waals surface area contributed by atoms with Gasteiger partial charge in [-0.3, -0.25) is 14.9 Å². The number of nitro groups is 1. The van der Waals surface area contributed by atoms with Crippen LogP contribution in [-0.4, -0.2) is 27.6 Å². The van der Waals surface area contributed by atoms with Crippen LogP contribution in [0.4, 0.5) is 5.69 Å². The number of carbonyl (C=O) groups excluding carboxylic acids is 1. The Labute approximate surface area is 114 Å². The zero-order valence-corrected chi connectivity index (χ0v) is 10.7. The summed E-state index contributed by atoms with van der Waals surface area (Å²) in [5, 5.41) is 15.7. The van der Waals surface area contributed by atoms with Crippen LogP contribution < -0.4 is 0 Å². The molecule has 7 nitrogen and oxygen atoms in total. The van der Waals surface area contributed by atoms with Gasteiger partial charge in [0, 0.05) is 18.2 Å². The highest BCUT2D eigenvalue weighted by molar-refractivity contribution is 5.93. The van der Waals surface area contributed by atoms with Crippen molar-refractivity contribution in [3.63, 3.8) is 0 Å². The average Bonchev–Trinajstić information content (AvgIpc) is 2.90. The van der Waals surface area contributed by atoms with Gasteiger partial charge in [0.15, 0.2) is 6.23 Å². The Morgan fingerprint density at radius 1 is 1.45 bits per heavy atom. The highest BCUT2D eigenvalue weighted by atomic mass is 16.6. The third kappa shape index (κ3) is 2.05. The molecule has 1 aromatic heterocycles. The van der Waals surface area contributed by atoms with Crippen LogP contribution in [0.3, 0.4) is 0 Å². The fraction of sp³-hybridized carbons (Fsp3) is 0.385. The molecule has 0 bridgehead atoms. The molecule has 0 spiro atoms. The summed E-state index contributed by atoms with van der Waals surface area (Å²) in [6, 6.07) is 2.88. The van der Waals surface area contributed by atoms with E-state index in [0.29, 0.717) is 23.8 Å². The minimum Gasteiger partial charge on any atom is -0.356 e. The second-order valence-corrected chi connectivity index (χ2v) is 4.76. The smallest absolute Gasteiger partial charge is 0.281 e. The highest BCUT2D eigenvalue weighted by Gasteiger charge is 2.23. The topological polar surface area (TPSA) is 87.3 Å². The van der Waals surface area contributed by atoms with E-state index in [-0.39, 0.29) is 17.5 Å². The van der Waals surface area contributed by atoms with Crippen LogP contribution in [0, 0.1) is 10.1 Å². The fourth-order valence-corrected chi connectivity index (χ4v) is 2.51. The van der Waals surface area contributed by atoms with Gasteiger partial charge in [0.25, 0.3) is 5.69 Å². The lowest BCUT2D eigenvalue weighted by Crippen LogP contribution is -2.19. The summed E-state index contributed by atoms with van der Waals surface area (Å²) in [6.07, 6.45) is 4.70. The van der Waals surface area contributed by atoms with Gasteiger partial charge in [-0.05, 0) is 25.3 Å². The van der Waals surface area contributed by atoms with E-state index in [1.54, 1.807) is 10.7 Å². The van der Waals surface area contributed by atoms with Crippen molar-refractivity contribution in [1.82, 2.24) is 9.78 Å². The summed E-state index contributed by atoms with van der Waals surface area (Å²) < 4.78 is 7.28. The van der Waals surface area contributed by atoms with Crippen molar-refractivity contribution in [2.45, 2.75) is 25.5 Å². The maximum atomic E-state index is 11.1. The number of fused-ring (bicyclic) bond motifs is 1. The number of rotatable bonds is 3. The first-order valence-corrected chi connectivity index (χ1v) is 6.43. The Balaban J connectivity index is 2.17. The maximum absolute atomic E-state index is 11.1. The van der Waals surface area contributed by atoms with Gasteiger partial charge in [-0.1, -0.05) is 0 Å². The van der Waals surface area contributed by atoms with E-state index < -0.39 is 4.92 Å². The summed E-state index contributed by atoms with van der Waals surface area (Å²) in [5.41, 5.74) is 0.724. The molecule has 1 aliphatic rings. The van der Waals surface area contributed by atoms with E-state index in [9.17, 15) is 14.9 Å². The molecule has 1 fully saturated rings. The predicted octanol–water partition coefficient (Wildman–Crippen LogP) is 2.46. The molecule has 1 unspecified atom stereocenters. The minimum absolute atomic E-state index is 0.105. The molecular weight excluding hydrogens is 262 g/mol. The lowest BCUT2D eigenvalue weighted by atomic mass is 10.1. The van der Waals surface area contributed by atoms with Crippen LogP contribution >= 0.6 is 0 Å². The van der Waals surface area contributed by atoms with E-state index in [0.717, 1.165) is 19.3 Å². The number of hydrogen-bond acceptors (Lipinski definition) is 5.